The number of nitrogens with zero attached hydrogens (tertiary/aromatic N) is 3. The molecule has 0 spiro atoms. The molecule has 1 heterocycles. The van der Waals surface area contributed by atoms with Crippen molar-refractivity contribution in [2.45, 2.75) is 31.8 Å². The number of guanidine groups is 1. The van der Waals surface area contributed by atoms with E-state index < -0.39 is 0 Å². The van der Waals surface area contributed by atoms with Gasteiger partial charge in [-0.3, -0.25) is 5.43 Å². The van der Waals surface area contributed by atoms with Gasteiger partial charge in [-0.2, -0.15) is 0 Å². The third-order valence-electron chi connectivity index (χ3n) is 3.36. The van der Waals surface area contributed by atoms with Gasteiger partial charge in [0, 0.05) is 26.7 Å². The van der Waals surface area contributed by atoms with Crippen molar-refractivity contribution in [3.8, 4) is 0 Å². The van der Waals surface area contributed by atoms with Gasteiger partial charge in [-0.25, -0.2) is 10.8 Å². The highest BCUT2D eigenvalue weighted by molar-refractivity contribution is 5.79. The molecule has 1 rings (SSSR count). The van der Waals surface area contributed by atoms with Crippen molar-refractivity contribution in [2.24, 2.45) is 10.8 Å². The number of likely N-dealkylation sites (N-methyl/N-ethyl adjacent to an activating group) is 2. The van der Waals surface area contributed by atoms with E-state index in [2.05, 4.69) is 27.3 Å². The Labute approximate surface area is 110 Å². The molecule has 6 heteroatoms. The lowest BCUT2D eigenvalue weighted by atomic mass is 10.1. The zero-order valence-corrected chi connectivity index (χ0v) is 12.0. The third-order valence-corrected chi connectivity index (χ3v) is 3.36. The van der Waals surface area contributed by atoms with Gasteiger partial charge >= 0.3 is 0 Å². The minimum Gasteiger partial charge on any atom is -0.382 e. The van der Waals surface area contributed by atoms with Gasteiger partial charge in [0.25, 0.3) is 0 Å². The second kappa shape index (κ2) is 7.56. The SMILES string of the molecule is COCC(C)N=C(NN)N(C)C1CCCN(C)C1. The summed E-state index contributed by atoms with van der Waals surface area (Å²) < 4.78 is 5.09. The number of hydrazine groups is 1. The number of methoxy groups -OCH3 is 1. The average molecular weight is 257 g/mol. The van der Waals surface area contributed by atoms with E-state index in [9.17, 15) is 0 Å². The fraction of sp³-hybridized carbons (Fsp3) is 0.917. The number of nitrogens with one attached hydrogen (secondary N) is 1. The standard InChI is InChI=1S/C12H27N5O/c1-10(9-18-4)14-12(15-13)17(3)11-6-5-7-16(2)8-11/h10-11H,5-9,13H2,1-4H3,(H,14,15). The predicted octanol–water partition coefficient (Wildman–Crippen LogP) is -0.133. The first-order valence-corrected chi connectivity index (χ1v) is 6.53. The number of nitrogens with two attached hydrogens (primary N) is 1. The molecule has 1 aliphatic heterocycles. The largest absolute Gasteiger partial charge is 0.382 e. The number of aliphatic imine (C=N–C) groups is 1. The van der Waals surface area contributed by atoms with Gasteiger partial charge in [0.2, 0.25) is 5.96 Å². The molecule has 0 bridgehead atoms. The lowest BCUT2D eigenvalue weighted by Crippen LogP contribution is -2.53. The molecule has 0 amide bonds. The van der Waals surface area contributed by atoms with Crippen LogP contribution in [0.4, 0.5) is 0 Å². The van der Waals surface area contributed by atoms with Crippen LogP contribution in [0.1, 0.15) is 19.8 Å². The van der Waals surface area contributed by atoms with Crippen molar-refractivity contribution in [1.29, 1.82) is 0 Å². The molecule has 0 aliphatic carbocycles. The fourth-order valence-electron chi connectivity index (χ4n) is 2.35. The fourth-order valence-corrected chi connectivity index (χ4v) is 2.35. The zero-order chi connectivity index (χ0) is 13.5. The molecule has 1 fully saturated rings. The molecular formula is C12H27N5O. The lowest BCUT2D eigenvalue weighted by Gasteiger charge is -2.37. The first kappa shape index (κ1) is 15.2. The summed E-state index contributed by atoms with van der Waals surface area (Å²) >= 11 is 0. The van der Waals surface area contributed by atoms with Crippen molar-refractivity contribution in [3.05, 3.63) is 0 Å². The monoisotopic (exact) mass is 257 g/mol. The second-order valence-electron chi connectivity index (χ2n) is 5.07. The smallest absolute Gasteiger partial charge is 0.208 e. The van der Waals surface area contributed by atoms with Crippen LogP contribution in [0.3, 0.4) is 0 Å². The molecule has 6 nitrogen and oxygen atoms in total. The van der Waals surface area contributed by atoms with Crippen molar-refractivity contribution in [3.63, 3.8) is 0 Å². The molecule has 3 N–H and O–H groups in total. The summed E-state index contributed by atoms with van der Waals surface area (Å²) in [7, 11) is 5.88. The maximum Gasteiger partial charge on any atom is 0.208 e. The molecule has 0 aromatic rings. The van der Waals surface area contributed by atoms with Crippen LogP contribution >= 0.6 is 0 Å². The number of rotatable bonds is 4. The normalized spacial score (nSPS) is 23.8. The van der Waals surface area contributed by atoms with Crippen molar-refractivity contribution in [2.75, 3.05) is 40.9 Å². The Morgan fingerprint density at radius 1 is 1.67 bits per heavy atom. The Hall–Kier alpha value is -0.850. The third kappa shape index (κ3) is 4.44. The van der Waals surface area contributed by atoms with Crippen LogP contribution in [-0.4, -0.2) is 68.7 Å². The summed E-state index contributed by atoms with van der Waals surface area (Å²) in [5.41, 5.74) is 2.71. The topological polar surface area (TPSA) is 66.1 Å². The molecular weight excluding hydrogens is 230 g/mol. The molecule has 0 radical (unpaired) electrons. The summed E-state index contributed by atoms with van der Waals surface area (Å²) in [6.07, 6.45) is 2.40. The van der Waals surface area contributed by atoms with Crippen LogP contribution in [-0.2, 0) is 4.74 Å². The van der Waals surface area contributed by atoms with Gasteiger partial charge in [-0.05, 0) is 33.4 Å². The highest BCUT2D eigenvalue weighted by Crippen LogP contribution is 2.13. The van der Waals surface area contributed by atoms with E-state index >= 15 is 0 Å². The summed E-state index contributed by atoms with van der Waals surface area (Å²) in [5.74, 6) is 6.32. The van der Waals surface area contributed by atoms with Crippen LogP contribution in [0.5, 0.6) is 0 Å². The Kier molecular flexibility index (Phi) is 6.38. The molecule has 1 aliphatic rings. The Morgan fingerprint density at radius 3 is 2.94 bits per heavy atom. The van der Waals surface area contributed by atoms with E-state index in [0.717, 1.165) is 12.5 Å². The highest BCUT2D eigenvalue weighted by atomic mass is 16.5. The van der Waals surface area contributed by atoms with E-state index in [4.69, 9.17) is 10.6 Å². The van der Waals surface area contributed by atoms with Crippen LogP contribution in [0.25, 0.3) is 0 Å². The van der Waals surface area contributed by atoms with E-state index in [1.165, 1.54) is 19.4 Å². The molecule has 0 saturated carbocycles. The molecule has 106 valence electrons. The first-order valence-electron chi connectivity index (χ1n) is 6.53. The Bertz CT molecular complexity index is 271. The van der Waals surface area contributed by atoms with Crippen LogP contribution in [0, 0.1) is 0 Å². The van der Waals surface area contributed by atoms with Crippen molar-refractivity contribution >= 4 is 5.96 Å². The van der Waals surface area contributed by atoms with Gasteiger partial charge in [0.15, 0.2) is 0 Å². The quantitative estimate of drug-likeness (QED) is 0.318. The number of hydrogen-bond acceptors (Lipinski definition) is 4. The van der Waals surface area contributed by atoms with Crippen LogP contribution in [0.2, 0.25) is 0 Å². The lowest BCUT2D eigenvalue weighted by molar-refractivity contribution is 0.174. The number of likely N-dealkylation sites (tertiary alicyclic amines) is 1. The van der Waals surface area contributed by atoms with Crippen molar-refractivity contribution < 1.29 is 4.74 Å². The van der Waals surface area contributed by atoms with Crippen LogP contribution in [0.15, 0.2) is 4.99 Å². The highest BCUT2D eigenvalue weighted by Gasteiger charge is 2.23. The minimum atomic E-state index is 0.102. The Morgan fingerprint density at radius 2 is 2.39 bits per heavy atom. The zero-order valence-electron chi connectivity index (χ0n) is 12.0. The molecule has 0 aromatic heterocycles. The van der Waals surface area contributed by atoms with E-state index in [1.807, 2.05) is 14.0 Å². The molecule has 2 unspecified atom stereocenters. The van der Waals surface area contributed by atoms with Gasteiger partial charge < -0.3 is 14.5 Å². The average Bonchev–Trinajstić information content (AvgIpc) is 2.35. The summed E-state index contributed by atoms with van der Waals surface area (Å²) in [6, 6.07) is 0.568. The number of piperidine rings is 1. The number of hydrogen-bond donors (Lipinski definition) is 2. The van der Waals surface area contributed by atoms with E-state index in [0.29, 0.717) is 12.6 Å². The predicted molar refractivity (Wildman–Crippen MR) is 74.4 cm³/mol. The van der Waals surface area contributed by atoms with Gasteiger partial charge in [-0.1, -0.05) is 0 Å². The first-order chi connectivity index (χ1) is 8.58. The van der Waals surface area contributed by atoms with Crippen molar-refractivity contribution in [1.82, 2.24) is 15.2 Å². The Balaban J connectivity index is 2.62. The minimum absolute atomic E-state index is 0.102. The van der Waals surface area contributed by atoms with Gasteiger partial charge in [0.05, 0.1) is 12.6 Å². The van der Waals surface area contributed by atoms with E-state index in [-0.39, 0.29) is 6.04 Å². The van der Waals surface area contributed by atoms with Gasteiger partial charge in [-0.15, -0.1) is 0 Å². The number of ether oxygens (including phenoxy) is 1. The second-order valence-corrected chi connectivity index (χ2v) is 5.07. The summed E-state index contributed by atoms with van der Waals surface area (Å²) in [4.78, 5) is 9.03. The molecule has 2 atom stereocenters. The van der Waals surface area contributed by atoms with Crippen LogP contribution < -0.4 is 11.3 Å². The van der Waals surface area contributed by atoms with E-state index in [1.54, 1.807) is 7.11 Å². The molecule has 18 heavy (non-hydrogen) atoms. The summed E-state index contributed by atoms with van der Waals surface area (Å²) in [6.45, 7) is 4.84. The maximum absolute atomic E-state index is 5.58. The maximum atomic E-state index is 5.58. The molecule has 0 aromatic carbocycles. The molecule has 1 saturated heterocycles. The van der Waals surface area contributed by atoms with Gasteiger partial charge in [0.1, 0.15) is 0 Å². The summed E-state index contributed by atoms with van der Waals surface area (Å²) in [5, 5.41) is 0.